The van der Waals surface area contributed by atoms with Gasteiger partial charge in [0.05, 0.1) is 12.1 Å². The van der Waals surface area contributed by atoms with Gasteiger partial charge in [0, 0.05) is 13.1 Å². The van der Waals surface area contributed by atoms with Crippen LogP contribution < -0.4 is 5.32 Å². The summed E-state index contributed by atoms with van der Waals surface area (Å²) in [7, 11) is 1.77. The van der Waals surface area contributed by atoms with E-state index in [9.17, 15) is 14.4 Å². The lowest BCUT2D eigenvalue weighted by Crippen LogP contribution is -2.61. The maximum atomic E-state index is 13.7. The second-order valence-corrected chi connectivity index (χ2v) is 11.6. The van der Waals surface area contributed by atoms with Gasteiger partial charge in [-0.3, -0.25) is 19.3 Å². The van der Waals surface area contributed by atoms with Crippen molar-refractivity contribution in [1.82, 2.24) is 15.1 Å². The Bertz CT molecular complexity index is 721. The van der Waals surface area contributed by atoms with Crippen molar-refractivity contribution in [3.05, 3.63) is 11.6 Å². The predicted octanol–water partition coefficient (Wildman–Crippen LogP) is 4.43. The van der Waals surface area contributed by atoms with Crippen molar-refractivity contribution in [2.75, 3.05) is 13.6 Å². The van der Waals surface area contributed by atoms with Crippen molar-refractivity contribution in [2.24, 2.45) is 17.3 Å². The molecule has 2 unspecified atom stereocenters. The molecule has 1 heterocycles. The van der Waals surface area contributed by atoms with Crippen molar-refractivity contribution in [3.63, 3.8) is 0 Å². The molecular weight excluding hydrogens is 414 g/mol. The largest absolute Gasteiger partial charge is 0.342 e. The van der Waals surface area contributed by atoms with E-state index in [2.05, 4.69) is 31.0 Å². The number of carbonyl (C=O) groups excluding carboxylic acids is 3. The summed E-state index contributed by atoms with van der Waals surface area (Å²) in [6.45, 7) is 20.8. The van der Waals surface area contributed by atoms with Gasteiger partial charge in [-0.25, -0.2) is 0 Å². The molecule has 4 atom stereocenters. The van der Waals surface area contributed by atoms with Crippen molar-refractivity contribution < 1.29 is 14.4 Å². The molecule has 0 aliphatic carbocycles. The Hall–Kier alpha value is -1.69. The number of rotatable bonds is 9. The molecule has 0 radical (unpaired) electrons. The number of amides is 2. The first-order valence-corrected chi connectivity index (χ1v) is 12.6. The number of nitrogens with zero attached hydrogens (tertiary/aromatic N) is 2. The standard InChI is InChI=1S/C27H49N3O3/c1-17(2)20(6)30-15-13-12-14-22(30)25(32)28-24(27(8,9)10)26(33)29(11)23(18(3)4)16-19(5)21(7)31/h16-18,20,22-24H,12-15H2,1-11H3,(H,28,32)/b19-16+/t20?,22?,23-,24-/m1/s1. The number of hydrogen-bond acceptors (Lipinski definition) is 4. The number of likely N-dealkylation sites (tertiary alicyclic amines) is 1. The third-order valence-corrected chi connectivity index (χ3v) is 7.19. The zero-order valence-electron chi connectivity index (χ0n) is 23.0. The molecule has 0 aromatic heterocycles. The van der Waals surface area contributed by atoms with E-state index in [1.54, 1.807) is 18.9 Å². The van der Waals surface area contributed by atoms with Crippen molar-refractivity contribution in [3.8, 4) is 0 Å². The van der Waals surface area contributed by atoms with E-state index >= 15 is 0 Å². The van der Waals surface area contributed by atoms with Crippen LogP contribution in [0.3, 0.4) is 0 Å². The van der Waals surface area contributed by atoms with E-state index in [1.807, 2.05) is 40.7 Å². The average molecular weight is 464 g/mol. The summed E-state index contributed by atoms with van der Waals surface area (Å²) in [6, 6.07) is -0.784. The molecule has 6 heteroatoms. The zero-order chi connectivity index (χ0) is 25.7. The smallest absolute Gasteiger partial charge is 0.245 e. The molecule has 33 heavy (non-hydrogen) atoms. The highest BCUT2D eigenvalue weighted by molar-refractivity contribution is 5.93. The first-order valence-electron chi connectivity index (χ1n) is 12.6. The van der Waals surface area contributed by atoms with Crippen LogP contribution >= 0.6 is 0 Å². The van der Waals surface area contributed by atoms with Gasteiger partial charge in [0.2, 0.25) is 11.8 Å². The summed E-state index contributed by atoms with van der Waals surface area (Å²) in [6.07, 6.45) is 4.82. The second kappa shape index (κ2) is 12.1. The molecule has 190 valence electrons. The third-order valence-electron chi connectivity index (χ3n) is 7.19. The van der Waals surface area contributed by atoms with Gasteiger partial charge in [0.15, 0.2) is 5.78 Å². The Kier molecular flexibility index (Phi) is 10.8. The van der Waals surface area contributed by atoms with E-state index in [0.717, 1.165) is 25.8 Å². The highest BCUT2D eigenvalue weighted by atomic mass is 16.2. The van der Waals surface area contributed by atoms with Crippen LogP contribution in [-0.4, -0.2) is 65.2 Å². The zero-order valence-corrected chi connectivity index (χ0v) is 23.0. The minimum absolute atomic E-state index is 0.00108. The topological polar surface area (TPSA) is 69.7 Å². The number of Topliss-reactive ketones (excluding diaryl/α,β-unsaturated/α-hetero) is 1. The van der Waals surface area contributed by atoms with Crippen LogP contribution in [0.1, 0.15) is 88.5 Å². The second-order valence-electron chi connectivity index (χ2n) is 11.6. The number of ketones is 1. The molecule has 1 saturated heterocycles. The predicted molar refractivity (Wildman–Crippen MR) is 136 cm³/mol. The fourth-order valence-electron chi connectivity index (χ4n) is 4.47. The van der Waals surface area contributed by atoms with Gasteiger partial charge < -0.3 is 10.2 Å². The van der Waals surface area contributed by atoms with Crippen molar-refractivity contribution in [1.29, 1.82) is 0 Å². The van der Waals surface area contributed by atoms with E-state index in [4.69, 9.17) is 0 Å². The number of carbonyl (C=O) groups is 3. The highest BCUT2D eigenvalue weighted by Crippen LogP contribution is 2.27. The van der Waals surface area contributed by atoms with Gasteiger partial charge in [-0.15, -0.1) is 0 Å². The Balaban J connectivity index is 3.18. The quantitative estimate of drug-likeness (QED) is 0.514. The number of allylic oxidation sites excluding steroid dienone is 1. The van der Waals surface area contributed by atoms with Gasteiger partial charge in [0.1, 0.15) is 6.04 Å². The van der Waals surface area contributed by atoms with Gasteiger partial charge in [-0.05, 0) is 63.0 Å². The molecule has 0 bridgehead atoms. The fraction of sp³-hybridized carbons (Fsp3) is 0.815. The molecule has 0 aromatic carbocycles. The Labute approximate surface area is 202 Å². The highest BCUT2D eigenvalue weighted by Gasteiger charge is 2.40. The van der Waals surface area contributed by atoms with E-state index in [0.29, 0.717) is 17.5 Å². The Morgan fingerprint density at radius 1 is 1.00 bits per heavy atom. The summed E-state index contributed by atoms with van der Waals surface area (Å²) >= 11 is 0. The molecular formula is C27H49N3O3. The number of nitrogens with one attached hydrogen (secondary N) is 1. The molecule has 0 aromatic rings. The summed E-state index contributed by atoms with van der Waals surface area (Å²) < 4.78 is 0. The number of piperidine rings is 1. The van der Waals surface area contributed by atoms with Gasteiger partial charge in [0.25, 0.3) is 0 Å². The minimum atomic E-state index is -0.652. The minimum Gasteiger partial charge on any atom is -0.342 e. The summed E-state index contributed by atoms with van der Waals surface area (Å²) in [4.78, 5) is 43.0. The van der Waals surface area contributed by atoms with Gasteiger partial charge >= 0.3 is 0 Å². The lowest BCUT2D eigenvalue weighted by Gasteiger charge is -2.42. The number of likely N-dealkylation sites (N-methyl/N-ethyl adjacent to an activating group) is 1. The van der Waals surface area contributed by atoms with Crippen LogP contribution in [-0.2, 0) is 14.4 Å². The summed E-state index contributed by atoms with van der Waals surface area (Å²) in [5.41, 5.74) is 0.190. The van der Waals surface area contributed by atoms with Crippen LogP contribution in [0, 0.1) is 17.3 Å². The van der Waals surface area contributed by atoms with Crippen LogP contribution in [0.5, 0.6) is 0 Å². The van der Waals surface area contributed by atoms with Crippen molar-refractivity contribution >= 4 is 17.6 Å². The lowest BCUT2D eigenvalue weighted by atomic mass is 9.84. The van der Waals surface area contributed by atoms with E-state index < -0.39 is 11.5 Å². The molecule has 1 fully saturated rings. The molecule has 0 spiro atoms. The monoisotopic (exact) mass is 463 g/mol. The first-order chi connectivity index (χ1) is 15.1. The average Bonchev–Trinajstić information content (AvgIpc) is 2.72. The van der Waals surface area contributed by atoms with Gasteiger partial charge in [-0.2, -0.15) is 0 Å². The first kappa shape index (κ1) is 29.3. The summed E-state index contributed by atoms with van der Waals surface area (Å²) in [5, 5.41) is 3.14. The molecule has 1 N–H and O–H groups in total. The molecule has 6 nitrogen and oxygen atoms in total. The van der Waals surface area contributed by atoms with Crippen LogP contribution in [0.4, 0.5) is 0 Å². The maximum Gasteiger partial charge on any atom is 0.245 e. The van der Waals surface area contributed by atoms with Crippen LogP contribution in [0.2, 0.25) is 0 Å². The number of hydrogen-bond donors (Lipinski definition) is 1. The van der Waals surface area contributed by atoms with Crippen LogP contribution in [0.25, 0.3) is 0 Å². The van der Waals surface area contributed by atoms with E-state index in [-0.39, 0.29) is 35.6 Å². The molecule has 2 amide bonds. The molecule has 1 rings (SSSR count). The van der Waals surface area contributed by atoms with E-state index in [1.165, 1.54) is 6.92 Å². The Morgan fingerprint density at radius 2 is 1.58 bits per heavy atom. The SMILES string of the molecule is CC(=O)/C(C)=C/[C@H](C(C)C)N(C)C(=O)[C@@H](NC(=O)C1CCCCN1C(C)C(C)C)C(C)(C)C. The fourth-order valence-corrected chi connectivity index (χ4v) is 4.47. The molecule has 0 saturated carbocycles. The Morgan fingerprint density at radius 3 is 2.03 bits per heavy atom. The molecule has 1 aliphatic heterocycles. The maximum absolute atomic E-state index is 13.7. The van der Waals surface area contributed by atoms with Crippen LogP contribution in [0.15, 0.2) is 11.6 Å². The van der Waals surface area contributed by atoms with Crippen molar-refractivity contribution in [2.45, 2.75) is 113 Å². The lowest BCUT2D eigenvalue weighted by molar-refractivity contribution is -0.142. The van der Waals surface area contributed by atoms with Gasteiger partial charge in [-0.1, -0.05) is 61.0 Å². The normalized spacial score (nSPS) is 21.0. The summed E-state index contributed by atoms with van der Waals surface area (Å²) in [5.74, 6) is 0.402. The molecule has 1 aliphatic rings. The third kappa shape index (κ3) is 7.94.